The zero-order valence-electron chi connectivity index (χ0n) is 13.5. The SMILES string of the molecule is Fc1ccc(Oc2ccc(Cl)cc2)c(OCCN2CCCCC2)c1. The number of halogens is 2. The van der Waals surface area contributed by atoms with Gasteiger partial charge in [-0.05, 0) is 62.3 Å². The van der Waals surface area contributed by atoms with Crippen LogP contribution in [0.15, 0.2) is 42.5 Å². The average molecular weight is 350 g/mol. The molecule has 128 valence electrons. The van der Waals surface area contributed by atoms with Crippen molar-refractivity contribution in [2.45, 2.75) is 19.3 Å². The Hall–Kier alpha value is -1.78. The van der Waals surface area contributed by atoms with Gasteiger partial charge in [0.2, 0.25) is 0 Å². The highest BCUT2D eigenvalue weighted by Gasteiger charge is 2.12. The zero-order valence-corrected chi connectivity index (χ0v) is 14.3. The number of rotatable bonds is 6. The Morgan fingerprint density at radius 3 is 2.46 bits per heavy atom. The molecule has 0 amide bonds. The minimum absolute atomic E-state index is 0.341. The quantitative estimate of drug-likeness (QED) is 0.721. The number of hydrogen-bond acceptors (Lipinski definition) is 3. The van der Waals surface area contributed by atoms with E-state index >= 15 is 0 Å². The van der Waals surface area contributed by atoms with E-state index in [4.69, 9.17) is 21.1 Å². The van der Waals surface area contributed by atoms with Crippen LogP contribution in [0.5, 0.6) is 17.2 Å². The topological polar surface area (TPSA) is 21.7 Å². The molecule has 0 unspecified atom stereocenters. The molecule has 0 aromatic heterocycles. The molecule has 0 spiro atoms. The summed E-state index contributed by atoms with van der Waals surface area (Å²) in [6.45, 7) is 3.58. The Balaban J connectivity index is 1.62. The smallest absolute Gasteiger partial charge is 0.169 e. The largest absolute Gasteiger partial charge is 0.488 e. The van der Waals surface area contributed by atoms with Crippen LogP contribution < -0.4 is 9.47 Å². The third-order valence-electron chi connectivity index (χ3n) is 4.06. The fraction of sp³-hybridized carbons (Fsp3) is 0.368. The van der Waals surface area contributed by atoms with Gasteiger partial charge in [-0.3, -0.25) is 4.90 Å². The third kappa shape index (κ3) is 4.86. The lowest BCUT2D eigenvalue weighted by atomic mass is 10.1. The summed E-state index contributed by atoms with van der Waals surface area (Å²) < 4.78 is 25.1. The van der Waals surface area contributed by atoms with E-state index in [-0.39, 0.29) is 5.82 Å². The first-order chi connectivity index (χ1) is 11.7. The molecule has 0 bridgehead atoms. The summed E-state index contributed by atoms with van der Waals surface area (Å²) in [4.78, 5) is 2.38. The van der Waals surface area contributed by atoms with Gasteiger partial charge >= 0.3 is 0 Å². The molecule has 0 radical (unpaired) electrons. The minimum atomic E-state index is -0.341. The Kier molecular flexibility index (Phi) is 5.94. The number of nitrogens with zero attached hydrogens (tertiary/aromatic N) is 1. The fourth-order valence-corrected chi connectivity index (χ4v) is 2.90. The van der Waals surface area contributed by atoms with Crippen molar-refractivity contribution in [3.05, 3.63) is 53.3 Å². The Bertz CT molecular complexity index is 657. The predicted octanol–water partition coefficient (Wildman–Crippen LogP) is 5.14. The van der Waals surface area contributed by atoms with Gasteiger partial charge in [0.15, 0.2) is 11.5 Å². The van der Waals surface area contributed by atoms with Gasteiger partial charge in [0.1, 0.15) is 18.2 Å². The van der Waals surface area contributed by atoms with Crippen molar-refractivity contribution in [3.63, 3.8) is 0 Å². The van der Waals surface area contributed by atoms with Crippen LogP contribution in [0, 0.1) is 5.82 Å². The molecule has 1 aliphatic heterocycles. The number of hydrogen-bond donors (Lipinski definition) is 0. The van der Waals surface area contributed by atoms with E-state index in [0.717, 1.165) is 19.6 Å². The van der Waals surface area contributed by atoms with Crippen LogP contribution in [0.2, 0.25) is 5.02 Å². The van der Waals surface area contributed by atoms with Gasteiger partial charge in [-0.15, -0.1) is 0 Å². The molecule has 24 heavy (non-hydrogen) atoms. The van der Waals surface area contributed by atoms with Crippen molar-refractivity contribution >= 4 is 11.6 Å². The maximum atomic E-state index is 13.6. The molecule has 1 fully saturated rings. The summed E-state index contributed by atoms with van der Waals surface area (Å²) in [5.74, 6) is 1.21. The van der Waals surface area contributed by atoms with E-state index in [0.29, 0.717) is 28.9 Å². The second-order valence-corrected chi connectivity index (χ2v) is 6.33. The average Bonchev–Trinajstić information content (AvgIpc) is 2.60. The monoisotopic (exact) mass is 349 g/mol. The second kappa shape index (κ2) is 8.36. The zero-order chi connectivity index (χ0) is 16.8. The van der Waals surface area contributed by atoms with Gasteiger partial charge in [-0.25, -0.2) is 4.39 Å². The Morgan fingerprint density at radius 2 is 1.71 bits per heavy atom. The van der Waals surface area contributed by atoms with Crippen molar-refractivity contribution in [1.29, 1.82) is 0 Å². The van der Waals surface area contributed by atoms with E-state index in [1.807, 2.05) is 0 Å². The maximum Gasteiger partial charge on any atom is 0.169 e. The lowest BCUT2D eigenvalue weighted by Gasteiger charge is -2.26. The van der Waals surface area contributed by atoms with Crippen LogP contribution in [0.4, 0.5) is 4.39 Å². The van der Waals surface area contributed by atoms with E-state index in [1.165, 1.54) is 31.4 Å². The van der Waals surface area contributed by atoms with Gasteiger partial charge < -0.3 is 9.47 Å². The van der Waals surface area contributed by atoms with Crippen molar-refractivity contribution in [2.75, 3.05) is 26.2 Å². The first-order valence-electron chi connectivity index (χ1n) is 8.29. The Morgan fingerprint density at radius 1 is 0.958 bits per heavy atom. The molecule has 5 heteroatoms. The lowest BCUT2D eigenvalue weighted by molar-refractivity contribution is 0.181. The summed E-state index contributed by atoms with van der Waals surface area (Å²) in [5, 5.41) is 0.638. The highest BCUT2D eigenvalue weighted by molar-refractivity contribution is 6.30. The normalized spacial score (nSPS) is 15.2. The van der Waals surface area contributed by atoms with Crippen molar-refractivity contribution in [1.82, 2.24) is 4.90 Å². The number of piperidine rings is 1. The van der Waals surface area contributed by atoms with Crippen molar-refractivity contribution in [2.24, 2.45) is 0 Å². The molecular formula is C19H21ClFNO2. The first-order valence-corrected chi connectivity index (χ1v) is 8.67. The molecule has 2 aromatic rings. The van der Waals surface area contributed by atoms with Crippen LogP contribution in [-0.4, -0.2) is 31.1 Å². The van der Waals surface area contributed by atoms with Crippen molar-refractivity contribution in [3.8, 4) is 17.2 Å². The van der Waals surface area contributed by atoms with Gasteiger partial charge in [0.05, 0.1) is 0 Å². The van der Waals surface area contributed by atoms with E-state index in [2.05, 4.69) is 4.90 Å². The molecular weight excluding hydrogens is 329 g/mol. The van der Waals surface area contributed by atoms with Crippen molar-refractivity contribution < 1.29 is 13.9 Å². The van der Waals surface area contributed by atoms with Gasteiger partial charge in [0.25, 0.3) is 0 Å². The lowest BCUT2D eigenvalue weighted by Crippen LogP contribution is -2.33. The molecule has 3 nitrogen and oxygen atoms in total. The molecule has 1 saturated heterocycles. The molecule has 2 aromatic carbocycles. The summed E-state index contributed by atoms with van der Waals surface area (Å²) in [5.41, 5.74) is 0. The fourth-order valence-electron chi connectivity index (χ4n) is 2.78. The third-order valence-corrected chi connectivity index (χ3v) is 4.31. The van der Waals surface area contributed by atoms with Crippen LogP contribution in [-0.2, 0) is 0 Å². The number of ether oxygens (including phenoxy) is 2. The maximum absolute atomic E-state index is 13.6. The van der Waals surface area contributed by atoms with E-state index in [9.17, 15) is 4.39 Å². The van der Waals surface area contributed by atoms with Gasteiger partial charge in [0, 0.05) is 17.6 Å². The van der Waals surface area contributed by atoms with Crippen LogP contribution in [0.25, 0.3) is 0 Å². The molecule has 3 rings (SSSR count). The second-order valence-electron chi connectivity index (χ2n) is 5.90. The summed E-state index contributed by atoms with van der Waals surface area (Å²) in [6, 6.07) is 11.3. The summed E-state index contributed by atoms with van der Waals surface area (Å²) >= 11 is 5.87. The van der Waals surface area contributed by atoms with Gasteiger partial charge in [-0.1, -0.05) is 18.0 Å². The van der Waals surface area contributed by atoms with Crippen LogP contribution in [0.3, 0.4) is 0 Å². The number of benzene rings is 2. The number of likely N-dealkylation sites (tertiary alicyclic amines) is 1. The standard InChI is InChI=1S/C19H21ClFNO2/c20-15-4-7-17(8-5-15)24-18-9-6-16(21)14-19(18)23-13-12-22-10-2-1-3-11-22/h4-9,14H,1-3,10-13H2. The van der Waals surface area contributed by atoms with Crippen LogP contribution in [0.1, 0.15) is 19.3 Å². The molecule has 0 saturated carbocycles. The molecule has 1 heterocycles. The van der Waals surface area contributed by atoms with E-state index in [1.54, 1.807) is 30.3 Å². The molecule has 0 N–H and O–H groups in total. The first kappa shape index (κ1) is 17.1. The summed E-state index contributed by atoms with van der Waals surface area (Å²) in [6.07, 6.45) is 3.79. The predicted molar refractivity (Wildman–Crippen MR) is 93.7 cm³/mol. The Labute approximate surface area is 146 Å². The minimum Gasteiger partial charge on any atom is -0.488 e. The van der Waals surface area contributed by atoms with Gasteiger partial charge in [-0.2, -0.15) is 0 Å². The molecule has 0 atom stereocenters. The molecule has 0 aliphatic carbocycles. The van der Waals surface area contributed by atoms with E-state index < -0.39 is 0 Å². The summed E-state index contributed by atoms with van der Waals surface area (Å²) in [7, 11) is 0. The molecule has 1 aliphatic rings. The highest BCUT2D eigenvalue weighted by Crippen LogP contribution is 2.32. The highest BCUT2D eigenvalue weighted by atomic mass is 35.5. The van der Waals surface area contributed by atoms with Crippen LogP contribution >= 0.6 is 11.6 Å².